The lowest BCUT2D eigenvalue weighted by Gasteiger charge is -2.47. The number of nitrogens with zero attached hydrogens (tertiary/aromatic N) is 3. The molecule has 1 aliphatic carbocycles. The van der Waals surface area contributed by atoms with Gasteiger partial charge in [-0.05, 0) is 45.5 Å². The number of pyridine rings is 1. The maximum Gasteiger partial charge on any atom is 0.144 e. The zero-order valence-corrected chi connectivity index (χ0v) is 12.6. The molecule has 1 N–H and O–H groups in total. The number of rotatable bonds is 4. The number of likely N-dealkylation sites (N-methyl/N-ethyl adjacent to an activating group) is 1. The van der Waals surface area contributed by atoms with Crippen LogP contribution in [0, 0.1) is 11.3 Å². The molecule has 0 unspecified atom stereocenters. The first kappa shape index (κ1) is 13.8. The monoisotopic (exact) mass is 280 g/mol. The van der Waals surface area contributed by atoms with Gasteiger partial charge in [0.2, 0.25) is 0 Å². The molecule has 0 spiro atoms. The Bertz CT molecular complexity index is 695. The Balaban J connectivity index is 1.88. The van der Waals surface area contributed by atoms with E-state index in [2.05, 4.69) is 35.4 Å². The molecule has 0 atom stereocenters. The average molecular weight is 280 g/mol. The molecule has 1 heterocycles. The molecule has 0 amide bonds. The van der Waals surface area contributed by atoms with Crippen LogP contribution in [0.1, 0.15) is 24.8 Å². The van der Waals surface area contributed by atoms with E-state index in [-0.39, 0.29) is 5.54 Å². The van der Waals surface area contributed by atoms with Gasteiger partial charge < -0.3 is 10.2 Å². The number of nitrogens with one attached hydrogen (secondary N) is 1. The molecule has 1 saturated carbocycles. The van der Waals surface area contributed by atoms with Crippen molar-refractivity contribution >= 4 is 16.7 Å². The zero-order chi connectivity index (χ0) is 14.9. The minimum Gasteiger partial charge on any atom is -0.367 e. The summed E-state index contributed by atoms with van der Waals surface area (Å²) in [5.74, 6) is 0.698. The van der Waals surface area contributed by atoms with Crippen molar-refractivity contribution in [1.82, 2.24) is 9.88 Å². The van der Waals surface area contributed by atoms with Gasteiger partial charge in [-0.3, -0.25) is 0 Å². The summed E-state index contributed by atoms with van der Waals surface area (Å²) in [7, 11) is 4.25. The molecule has 1 aliphatic rings. The van der Waals surface area contributed by atoms with Gasteiger partial charge in [0.25, 0.3) is 0 Å². The lowest BCUT2D eigenvalue weighted by atomic mass is 9.75. The van der Waals surface area contributed by atoms with Gasteiger partial charge in [-0.25, -0.2) is 4.98 Å². The van der Waals surface area contributed by atoms with Crippen LogP contribution in [0.15, 0.2) is 30.3 Å². The molecule has 4 heteroatoms. The predicted molar refractivity (Wildman–Crippen MR) is 85.2 cm³/mol. The first-order chi connectivity index (χ1) is 10.1. The fourth-order valence-corrected chi connectivity index (χ4v) is 2.95. The van der Waals surface area contributed by atoms with Crippen LogP contribution in [-0.2, 0) is 0 Å². The van der Waals surface area contributed by atoms with Crippen LogP contribution in [0.3, 0.4) is 0 Å². The van der Waals surface area contributed by atoms with Gasteiger partial charge in [0.05, 0.1) is 11.1 Å². The van der Waals surface area contributed by atoms with Crippen LogP contribution in [0.2, 0.25) is 0 Å². The van der Waals surface area contributed by atoms with E-state index in [1.54, 1.807) is 0 Å². The van der Waals surface area contributed by atoms with Crippen LogP contribution in [0.5, 0.6) is 0 Å². The number of aromatic nitrogens is 1. The second-order valence-corrected chi connectivity index (χ2v) is 6.01. The minimum absolute atomic E-state index is 0.208. The number of hydrogen-bond acceptors (Lipinski definition) is 4. The minimum atomic E-state index is 0.208. The van der Waals surface area contributed by atoms with Crippen LogP contribution in [0.25, 0.3) is 10.9 Å². The Labute approximate surface area is 125 Å². The van der Waals surface area contributed by atoms with E-state index < -0.39 is 0 Å². The number of anilines is 1. The maximum absolute atomic E-state index is 9.35. The van der Waals surface area contributed by atoms with E-state index in [9.17, 15) is 5.26 Å². The van der Waals surface area contributed by atoms with E-state index in [4.69, 9.17) is 0 Å². The summed E-state index contributed by atoms with van der Waals surface area (Å²) in [5.41, 5.74) is 1.74. The highest BCUT2D eigenvalue weighted by Crippen LogP contribution is 2.36. The molecule has 0 bridgehead atoms. The highest BCUT2D eigenvalue weighted by Gasteiger charge is 2.38. The molecule has 1 fully saturated rings. The van der Waals surface area contributed by atoms with Gasteiger partial charge in [-0.1, -0.05) is 18.2 Å². The van der Waals surface area contributed by atoms with Crippen molar-refractivity contribution < 1.29 is 0 Å². The van der Waals surface area contributed by atoms with Crippen molar-refractivity contribution in [2.45, 2.75) is 24.8 Å². The molecule has 0 radical (unpaired) electrons. The SMILES string of the molecule is CN(C)C1(CNc2nc3ccccc3cc2C#N)CCC1. The lowest BCUT2D eigenvalue weighted by molar-refractivity contribution is 0.0738. The lowest BCUT2D eigenvalue weighted by Crippen LogP contribution is -2.54. The first-order valence-corrected chi connectivity index (χ1v) is 7.36. The third-order valence-corrected chi connectivity index (χ3v) is 4.66. The fourth-order valence-electron chi connectivity index (χ4n) is 2.95. The van der Waals surface area contributed by atoms with Crippen LogP contribution >= 0.6 is 0 Å². The van der Waals surface area contributed by atoms with E-state index in [1.807, 2.05) is 30.3 Å². The summed E-state index contributed by atoms with van der Waals surface area (Å²) in [5, 5.41) is 13.8. The van der Waals surface area contributed by atoms with Gasteiger partial charge in [-0.15, -0.1) is 0 Å². The van der Waals surface area contributed by atoms with E-state index in [0.29, 0.717) is 11.4 Å². The molecule has 108 valence electrons. The largest absolute Gasteiger partial charge is 0.367 e. The van der Waals surface area contributed by atoms with E-state index in [1.165, 1.54) is 19.3 Å². The van der Waals surface area contributed by atoms with Crippen molar-refractivity contribution in [1.29, 1.82) is 5.26 Å². The first-order valence-electron chi connectivity index (χ1n) is 7.36. The molecule has 3 rings (SSSR count). The summed E-state index contributed by atoms with van der Waals surface area (Å²) in [6.07, 6.45) is 3.67. The molecular weight excluding hydrogens is 260 g/mol. The van der Waals surface area contributed by atoms with Gasteiger partial charge in [-0.2, -0.15) is 5.26 Å². The molecule has 21 heavy (non-hydrogen) atoms. The van der Waals surface area contributed by atoms with E-state index >= 15 is 0 Å². The second-order valence-electron chi connectivity index (χ2n) is 6.01. The third kappa shape index (κ3) is 2.45. The number of hydrogen-bond donors (Lipinski definition) is 1. The fraction of sp³-hybridized carbons (Fsp3) is 0.412. The Morgan fingerprint density at radius 1 is 1.33 bits per heavy atom. The summed E-state index contributed by atoms with van der Waals surface area (Å²) < 4.78 is 0. The van der Waals surface area contributed by atoms with Crippen LogP contribution in [0.4, 0.5) is 5.82 Å². The second kappa shape index (κ2) is 5.34. The average Bonchev–Trinajstić information content (AvgIpc) is 2.44. The van der Waals surface area contributed by atoms with Gasteiger partial charge in [0.15, 0.2) is 0 Å². The molecule has 1 aromatic carbocycles. The Hall–Kier alpha value is -2.12. The van der Waals surface area contributed by atoms with Crippen LogP contribution < -0.4 is 5.32 Å². The topological polar surface area (TPSA) is 52.0 Å². The number of nitriles is 1. The molecule has 4 nitrogen and oxygen atoms in total. The molecule has 2 aromatic rings. The molecule has 0 aliphatic heterocycles. The van der Waals surface area contributed by atoms with Crippen molar-refractivity contribution in [2.24, 2.45) is 0 Å². The summed E-state index contributed by atoms with van der Waals surface area (Å²) >= 11 is 0. The van der Waals surface area contributed by atoms with E-state index in [0.717, 1.165) is 17.4 Å². The highest BCUT2D eigenvalue weighted by atomic mass is 15.2. The number of fused-ring (bicyclic) bond motifs is 1. The zero-order valence-electron chi connectivity index (χ0n) is 12.6. The molecule has 1 aromatic heterocycles. The quantitative estimate of drug-likeness (QED) is 0.935. The number of benzene rings is 1. The predicted octanol–water partition coefficient (Wildman–Crippen LogP) is 3.00. The summed E-state index contributed by atoms with van der Waals surface area (Å²) in [6, 6.07) is 12.1. The molecular formula is C17H20N4. The third-order valence-electron chi connectivity index (χ3n) is 4.66. The van der Waals surface area contributed by atoms with Gasteiger partial charge in [0, 0.05) is 17.5 Å². The Morgan fingerprint density at radius 2 is 2.10 bits per heavy atom. The molecule has 0 saturated heterocycles. The van der Waals surface area contributed by atoms with Crippen molar-refractivity contribution in [2.75, 3.05) is 26.0 Å². The van der Waals surface area contributed by atoms with Crippen molar-refractivity contribution in [3.63, 3.8) is 0 Å². The van der Waals surface area contributed by atoms with Gasteiger partial charge in [0.1, 0.15) is 11.9 Å². The smallest absolute Gasteiger partial charge is 0.144 e. The standard InChI is InChI=1S/C17H20N4/c1-21(2)17(8-5-9-17)12-19-16-14(11-18)10-13-6-3-4-7-15(13)20-16/h3-4,6-7,10H,5,8-9,12H2,1-2H3,(H,19,20). The summed E-state index contributed by atoms with van der Waals surface area (Å²) in [4.78, 5) is 6.90. The summed E-state index contributed by atoms with van der Waals surface area (Å²) in [6.45, 7) is 0.833. The van der Waals surface area contributed by atoms with Gasteiger partial charge >= 0.3 is 0 Å². The highest BCUT2D eigenvalue weighted by molar-refractivity contribution is 5.82. The Kier molecular flexibility index (Phi) is 3.52. The van der Waals surface area contributed by atoms with Crippen molar-refractivity contribution in [3.05, 3.63) is 35.9 Å². The maximum atomic E-state index is 9.35. The van der Waals surface area contributed by atoms with Crippen LogP contribution in [-0.4, -0.2) is 36.1 Å². The number of para-hydroxylation sites is 1. The normalized spacial score (nSPS) is 16.5. The Morgan fingerprint density at radius 3 is 2.71 bits per heavy atom. The van der Waals surface area contributed by atoms with Crippen molar-refractivity contribution in [3.8, 4) is 6.07 Å².